The number of nitrogens with zero attached hydrogens (tertiary/aromatic N) is 3. The van der Waals surface area contributed by atoms with Gasteiger partial charge in [-0.15, -0.1) is 0 Å². The zero-order valence-electron chi connectivity index (χ0n) is 14.7. The van der Waals surface area contributed by atoms with Crippen LogP contribution in [0.5, 0.6) is 5.88 Å². The molecule has 1 N–H and O–H groups in total. The summed E-state index contributed by atoms with van der Waals surface area (Å²) in [6.45, 7) is 6.19. The third kappa shape index (κ3) is 1.84. The van der Waals surface area contributed by atoms with Crippen LogP contribution in [0.4, 0.5) is 0 Å². The molecule has 0 aliphatic heterocycles. The first-order valence-corrected chi connectivity index (χ1v) is 8.10. The van der Waals surface area contributed by atoms with Crippen molar-refractivity contribution in [3.05, 3.63) is 26.4 Å². The zero-order chi connectivity index (χ0) is 18.0. The fraction of sp³-hybridized carbons (Fsp3) is 0.647. The van der Waals surface area contributed by atoms with Crippen LogP contribution in [0.2, 0.25) is 0 Å². The van der Waals surface area contributed by atoms with Gasteiger partial charge in [0.25, 0.3) is 5.56 Å². The summed E-state index contributed by atoms with van der Waals surface area (Å²) < 4.78 is 1.89. The molecule has 0 unspecified atom stereocenters. The maximum absolute atomic E-state index is 12.8. The van der Waals surface area contributed by atoms with Gasteiger partial charge in [0.1, 0.15) is 11.6 Å². The molecule has 1 aromatic rings. The number of aromatic hydroxyl groups is 1. The largest absolute Gasteiger partial charge is 0.494 e. The van der Waals surface area contributed by atoms with Crippen LogP contribution in [0.3, 0.4) is 0 Å². The number of aliphatic imine (C=N–C) groups is 1. The second kappa shape index (κ2) is 4.91. The van der Waals surface area contributed by atoms with Gasteiger partial charge >= 0.3 is 5.69 Å². The van der Waals surface area contributed by atoms with Crippen molar-refractivity contribution >= 4 is 12.0 Å². The van der Waals surface area contributed by atoms with Crippen molar-refractivity contribution in [2.24, 2.45) is 35.8 Å². The number of aromatic nitrogens is 2. The van der Waals surface area contributed by atoms with E-state index in [0.717, 1.165) is 22.0 Å². The van der Waals surface area contributed by atoms with Crippen molar-refractivity contribution in [1.29, 1.82) is 0 Å². The molecule has 1 aromatic heterocycles. The molecular formula is C17H23N3O4. The molecule has 7 nitrogen and oxygen atoms in total. The molecule has 2 aliphatic rings. The lowest BCUT2D eigenvalue weighted by molar-refractivity contribution is -0.129. The Balaban J connectivity index is 2.04. The maximum atomic E-state index is 12.8. The van der Waals surface area contributed by atoms with Crippen molar-refractivity contribution < 1.29 is 9.90 Å². The first-order chi connectivity index (χ1) is 11.0. The molecule has 2 bridgehead atoms. The average Bonchev–Trinajstić information content (AvgIpc) is 2.84. The van der Waals surface area contributed by atoms with Gasteiger partial charge in [-0.1, -0.05) is 20.8 Å². The van der Waals surface area contributed by atoms with Crippen molar-refractivity contribution in [3.63, 3.8) is 0 Å². The molecule has 2 saturated carbocycles. The number of carbonyl (C=O) groups excluding carboxylic acids is 1. The summed E-state index contributed by atoms with van der Waals surface area (Å²) in [5.41, 5.74) is -1.84. The zero-order valence-corrected chi connectivity index (χ0v) is 14.7. The Bertz CT molecular complexity index is 877. The number of hydrogen-bond donors (Lipinski definition) is 1. The lowest BCUT2D eigenvalue weighted by Gasteiger charge is -2.31. The van der Waals surface area contributed by atoms with E-state index in [2.05, 4.69) is 18.8 Å². The number of ketones is 1. The van der Waals surface area contributed by atoms with Crippen molar-refractivity contribution in [2.75, 3.05) is 0 Å². The fourth-order valence-corrected chi connectivity index (χ4v) is 4.34. The monoisotopic (exact) mass is 333 g/mol. The van der Waals surface area contributed by atoms with Crippen LogP contribution < -0.4 is 11.2 Å². The number of hydrogen-bond acceptors (Lipinski definition) is 5. The van der Waals surface area contributed by atoms with E-state index in [9.17, 15) is 19.5 Å². The highest BCUT2D eigenvalue weighted by Crippen LogP contribution is 2.64. The summed E-state index contributed by atoms with van der Waals surface area (Å²) in [6.07, 6.45) is 3.04. The highest BCUT2D eigenvalue weighted by molar-refractivity contribution is 5.96. The predicted molar refractivity (Wildman–Crippen MR) is 89.6 cm³/mol. The summed E-state index contributed by atoms with van der Waals surface area (Å²) in [4.78, 5) is 41.1. The van der Waals surface area contributed by atoms with Crippen LogP contribution in [-0.4, -0.2) is 32.3 Å². The second-order valence-electron chi connectivity index (χ2n) is 7.73. The normalized spacial score (nSPS) is 31.3. The van der Waals surface area contributed by atoms with E-state index in [1.165, 1.54) is 20.3 Å². The van der Waals surface area contributed by atoms with Crippen LogP contribution >= 0.6 is 0 Å². The molecule has 130 valence electrons. The standard InChI is InChI=1S/C17H23N3O4/c1-16(2)10-6-7-17(16,3)12(21)11(10)18-8-9-13(22)19(4)15(24)20(5)14(9)23/h8,10-11,22H,6-7H2,1-5H3/t10-,11-,17+/m0/s1. The van der Waals surface area contributed by atoms with Gasteiger partial charge in [-0.2, -0.15) is 0 Å². The maximum Gasteiger partial charge on any atom is 0.333 e. The quantitative estimate of drug-likeness (QED) is 0.802. The van der Waals surface area contributed by atoms with Crippen molar-refractivity contribution in [3.8, 4) is 5.88 Å². The summed E-state index contributed by atoms with van der Waals surface area (Å²) >= 11 is 0. The molecule has 0 saturated heterocycles. The smallest absolute Gasteiger partial charge is 0.333 e. The van der Waals surface area contributed by atoms with Crippen LogP contribution in [0.25, 0.3) is 0 Å². The number of carbonyl (C=O) groups is 1. The molecule has 3 rings (SSSR count). The van der Waals surface area contributed by atoms with Gasteiger partial charge in [0.05, 0.1) is 0 Å². The van der Waals surface area contributed by atoms with Gasteiger partial charge in [-0.05, 0) is 24.2 Å². The van der Waals surface area contributed by atoms with E-state index < -0.39 is 28.6 Å². The minimum atomic E-state index is -0.625. The van der Waals surface area contributed by atoms with E-state index in [1.807, 2.05) is 6.92 Å². The number of rotatable bonds is 2. The predicted octanol–water partition coefficient (Wildman–Crippen LogP) is 0.602. The minimum absolute atomic E-state index is 0.0712. The molecular weight excluding hydrogens is 310 g/mol. The third-order valence-corrected chi connectivity index (χ3v) is 6.53. The average molecular weight is 333 g/mol. The van der Waals surface area contributed by atoms with Crippen LogP contribution in [0, 0.1) is 16.7 Å². The Hall–Kier alpha value is -2.18. The van der Waals surface area contributed by atoms with E-state index >= 15 is 0 Å². The van der Waals surface area contributed by atoms with Gasteiger partial charge in [0.15, 0.2) is 5.78 Å². The first kappa shape index (κ1) is 16.7. The SMILES string of the molecule is Cn1c(O)c(C=N[C@@H]2C(=O)[C@@]3(C)CC[C@@H]2C3(C)C)c(=O)n(C)c1=O. The Morgan fingerprint density at radius 1 is 1.17 bits per heavy atom. The number of fused-ring (bicyclic) bond motifs is 2. The molecule has 1 heterocycles. The molecule has 2 aliphatic carbocycles. The van der Waals surface area contributed by atoms with Crippen molar-refractivity contribution in [2.45, 2.75) is 39.7 Å². The molecule has 24 heavy (non-hydrogen) atoms. The van der Waals surface area contributed by atoms with Crippen molar-refractivity contribution in [1.82, 2.24) is 9.13 Å². The molecule has 3 atom stereocenters. The molecule has 0 radical (unpaired) electrons. The Morgan fingerprint density at radius 3 is 2.33 bits per heavy atom. The van der Waals surface area contributed by atoms with Crippen LogP contribution in [0.15, 0.2) is 14.6 Å². The second-order valence-corrected chi connectivity index (χ2v) is 7.73. The van der Waals surface area contributed by atoms with E-state index in [4.69, 9.17) is 0 Å². The van der Waals surface area contributed by atoms with Crippen LogP contribution in [-0.2, 0) is 18.9 Å². The Morgan fingerprint density at radius 2 is 1.79 bits per heavy atom. The van der Waals surface area contributed by atoms with E-state index in [1.54, 1.807) is 0 Å². The fourth-order valence-electron chi connectivity index (χ4n) is 4.34. The lowest BCUT2D eigenvalue weighted by atomic mass is 9.70. The van der Waals surface area contributed by atoms with Gasteiger partial charge < -0.3 is 5.11 Å². The summed E-state index contributed by atoms with van der Waals surface area (Å²) in [5, 5.41) is 10.1. The Kier molecular flexibility index (Phi) is 3.41. The molecule has 0 spiro atoms. The third-order valence-electron chi connectivity index (χ3n) is 6.53. The lowest BCUT2D eigenvalue weighted by Crippen LogP contribution is -2.39. The first-order valence-electron chi connectivity index (χ1n) is 8.10. The molecule has 7 heteroatoms. The van der Waals surface area contributed by atoms with Gasteiger partial charge in [0, 0.05) is 25.7 Å². The summed E-state index contributed by atoms with van der Waals surface area (Å²) in [5.74, 6) is -0.209. The van der Waals surface area contributed by atoms with Gasteiger partial charge in [-0.25, -0.2) is 4.79 Å². The minimum Gasteiger partial charge on any atom is -0.494 e. The number of Topliss-reactive ketones (excluding diaryl/α,β-unsaturated/α-hetero) is 1. The van der Waals surface area contributed by atoms with Gasteiger partial charge in [-0.3, -0.25) is 23.7 Å². The molecule has 0 aromatic carbocycles. The Labute approximate surface area is 139 Å². The summed E-state index contributed by atoms with van der Waals surface area (Å²) in [6, 6.07) is -0.500. The van der Waals surface area contributed by atoms with E-state index in [0.29, 0.717) is 0 Å². The van der Waals surface area contributed by atoms with Gasteiger partial charge in [0.2, 0.25) is 5.88 Å². The molecule has 2 fully saturated rings. The molecule has 0 amide bonds. The highest BCUT2D eigenvalue weighted by Gasteiger charge is 2.66. The summed E-state index contributed by atoms with van der Waals surface area (Å²) in [7, 11) is 2.72. The van der Waals surface area contributed by atoms with Crippen LogP contribution in [0.1, 0.15) is 39.2 Å². The van der Waals surface area contributed by atoms with E-state index in [-0.39, 0.29) is 22.7 Å². The topological polar surface area (TPSA) is 93.7 Å². The highest BCUT2D eigenvalue weighted by atomic mass is 16.3.